The number of nitrogens with zero attached hydrogens (tertiary/aromatic N) is 1. The van der Waals surface area contributed by atoms with Crippen molar-refractivity contribution in [3.05, 3.63) is 60.8 Å². The Morgan fingerprint density at radius 1 is 1.35 bits per heavy atom. The third-order valence-corrected chi connectivity index (χ3v) is 3.65. The third kappa shape index (κ3) is 3.01. The summed E-state index contributed by atoms with van der Waals surface area (Å²) in [5.74, 6) is 0.733. The van der Waals surface area contributed by atoms with Crippen LogP contribution in [0.5, 0.6) is 5.75 Å². The molecule has 0 unspecified atom stereocenters. The highest BCUT2D eigenvalue weighted by molar-refractivity contribution is 9.10. The van der Waals surface area contributed by atoms with Crippen LogP contribution < -0.4 is 16.0 Å². The molecular weight excluding hydrogens is 324 g/mol. The average Bonchev–Trinajstić information content (AvgIpc) is 2.42. The Kier molecular flexibility index (Phi) is 4.44. The lowest BCUT2D eigenvalue weighted by Crippen LogP contribution is -2.31. The number of benzene rings is 1. The van der Waals surface area contributed by atoms with Crippen LogP contribution in [0.25, 0.3) is 0 Å². The van der Waals surface area contributed by atoms with Crippen LogP contribution in [-0.4, -0.2) is 16.7 Å². The molecule has 5 nitrogen and oxygen atoms in total. The van der Waals surface area contributed by atoms with E-state index in [1.54, 1.807) is 13.3 Å². The van der Waals surface area contributed by atoms with Gasteiger partial charge in [0.05, 0.1) is 18.1 Å². The number of H-pyrrole nitrogens is 1. The number of halogens is 1. The van der Waals surface area contributed by atoms with Crippen molar-refractivity contribution in [2.24, 2.45) is 0 Å². The van der Waals surface area contributed by atoms with E-state index in [0.717, 1.165) is 15.8 Å². The van der Waals surface area contributed by atoms with Gasteiger partial charge in [0.2, 0.25) is 0 Å². The van der Waals surface area contributed by atoms with Gasteiger partial charge in [0.15, 0.2) is 0 Å². The van der Waals surface area contributed by atoms with Crippen LogP contribution in [0.2, 0.25) is 0 Å². The smallest absolute Gasteiger partial charge is 0.328 e. The first-order valence-electron chi connectivity index (χ1n) is 6.20. The molecule has 2 aromatic rings. The number of ether oxygens (including phenoxy) is 1. The lowest BCUT2D eigenvalue weighted by molar-refractivity contribution is 0.412. The van der Waals surface area contributed by atoms with E-state index in [4.69, 9.17) is 4.74 Å². The zero-order valence-electron chi connectivity index (χ0n) is 11.3. The van der Waals surface area contributed by atoms with Crippen LogP contribution in [-0.2, 0) is 13.0 Å². The first-order valence-corrected chi connectivity index (χ1v) is 6.99. The van der Waals surface area contributed by atoms with E-state index >= 15 is 0 Å². The molecule has 0 radical (unpaired) electrons. The Hall–Kier alpha value is -1.82. The van der Waals surface area contributed by atoms with Gasteiger partial charge in [-0.1, -0.05) is 13.0 Å². The van der Waals surface area contributed by atoms with Gasteiger partial charge in [-0.2, -0.15) is 0 Å². The minimum atomic E-state index is -0.404. The van der Waals surface area contributed by atoms with Crippen molar-refractivity contribution in [2.75, 3.05) is 7.11 Å². The Labute approximate surface area is 124 Å². The minimum absolute atomic E-state index is 0.315. The Bertz CT molecular complexity index is 734. The maximum Gasteiger partial charge on any atom is 0.328 e. The van der Waals surface area contributed by atoms with Crippen LogP contribution in [0, 0.1) is 0 Å². The second-order valence-corrected chi connectivity index (χ2v) is 5.22. The first kappa shape index (κ1) is 14.6. The lowest BCUT2D eigenvalue weighted by atomic mass is 10.2. The number of aryl methyl sites for hydroxylation is 1. The molecule has 1 aromatic heterocycles. The summed E-state index contributed by atoms with van der Waals surface area (Å²) in [5, 5.41) is 0. The second-order valence-electron chi connectivity index (χ2n) is 4.36. The molecule has 0 aliphatic carbocycles. The molecular formula is C14H15BrN2O3. The Balaban J connectivity index is 2.37. The number of methoxy groups -OCH3 is 1. The number of aromatic nitrogens is 2. The van der Waals surface area contributed by atoms with Crippen molar-refractivity contribution in [3.8, 4) is 5.75 Å². The quantitative estimate of drug-likeness (QED) is 0.926. The molecule has 20 heavy (non-hydrogen) atoms. The fourth-order valence-electron chi connectivity index (χ4n) is 1.93. The van der Waals surface area contributed by atoms with Crippen molar-refractivity contribution < 1.29 is 4.74 Å². The number of hydrogen-bond donors (Lipinski definition) is 1. The van der Waals surface area contributed by atoms with Crippen molar-refractivity contribution in [2.45, 2.75) is 19.9 Å². The van der Waals surface area contributed by atoms with Crippen LogP contribution in [0.15, 0.2) is 38.5 Å². The second kappa shape index (κ2) is 6.09. The van der Waals surface area contributed by atoms with E-state index in [1.807, 2.05) is 25.1 Å². The van der Waals surface area contributed by atoms with E-state index < -0.39 is 5.69 Å². The van der Waals surface area contributed by atoms with E-state index in [1.165, 1.54) is 4.57 Å². The summed E-state index contributed by atoms with van der Waals surface area (Å²) >= 11 is 3.41. The third-order valence-electron chi connectivity index (χ3n) is 3.03. The van der Waals surface area contributed by atoms with E-state index in [2.05, 4.69) is 20.9 Å². The molecule has 0 spiro atoms. The van der Waals surface area contributed by atoms with E-state index in [-0.39, 0.29) is 5.56 Å². The summed E-state index contributed by atoms with van der Waals surface area (Å²) in [6.45, 7) is 2.27. The number of aromatic amines is 1. The number of hydrogen-bond acceptors (Lipinski definition) is 3. The fourth-order valence-corrected chi connectivity index (χ4v) is 2.52. The van der Waals surface area contributed by atoms with Crippen LogP contribution in [0.1, 0.15) is 18.1 Å². The van der Waals surface area contributed by atoms with Gasteiger partial charge in [-0.3, -0.25) is 14.3 Å². The monoisotopic (exact) mass is 338 g/mol. The normalized spacial score (nSPS) is 10.6. The lowest BCUT2D eigenvalue weighted by Gasteiger charge is -2.09. The zero-order valence-corrected chi connectivity index (χ0v) is 12.9. The van der Waals surface area contributed by atoms with Gasteiger partial charge < -0.3 is 4.74 Å². The van der Waals surface area contributed by atoms with Gasteiger partial charge in [0.25, 0.3) is 5.56 Å². The summed E-state index contributed by atoms with van der Waals surface area (Å²) in [7, 11) is 1.60. The molecule has 0 atom stereocenters. The minimum Gasteiger partial charge on any atom is -0.496 e. The average molecular weight is 339 g/mol. The maximum absolute atomic E-state index is 11.8. The van der Waals surface area contributed by atoms with Crippen LogP contribution >= 0.6 is 15.9 Å². The molecule has 0 saturated carbocycles. The molecule has 0 saturated heterocycles. The molecule has 0 amide bonds. The topological polar surface area (TPSA) is 64.1 Å². The summed E-state index contributed by atoms with van der Waals surface area (Å²) in [6, 6.07) is 5.60. The fraction of sp³-hybridized carbons (Fsp3) is 0.286. The van der Waals surface area contributed by atoms with Gasteiger partial charge in [0, 0.05) is 11.8 Å². The zero-order chi connectivity index (χ0) is 14.7. The van der Waals surface area contributed by atoms with Crippen molar-refractivity contribution in [1.29, 1.82) is 0 Å². The largest absolute Gasteiger partial charge is 0.496 e. The van der Waals surface area contributed by atoms with E-state index in [0.29, 0.717) is 18.5 Å². The standard InChI is InChI=1S/C14H15BrN2O3/c1-3-10-8-17(14(19)16-13(10)18)7-9-4-5-12(20-2)11(15)6-9/h4-6,8H,3,7H2,1-2H3,(H,16,18,19). The van der Waals surface area contributed by atoms with Gasteiger partial charge >= 0.3 is 5.69 Å². The van der Waals surface area contributed by atoms with Gasteiger partial charge in [-0.15, -0.1) is 0 Å². The van der Waals surface area contributed by atoms with Crippen LogP contribution in [0.3, 0.4) is 0 Å². The molecule has 0 aliphatic heterocycles. The summed E-state index contributed by atoms with van der Waals surface area (Å²) < 4.78 is 7.48. The SMILES string of the molecule is CCc1cn(Cc2ccc(OC)c(Br)c2)c(=O)[nH]c1=O. The molecule has 6 heteroatoms. The highest BCUT2D eigenvalue weighted by Crippen LogP contribution is 2.25. The van der Waals surface area contributed by atoms with E-state index in [9.17, 15) is 9.59 Å². The molecule has 0 aliphatic rings. The van der Waals surface area contributed by atoms with Crippen molar-refractivity contribution in [1.82, 2.24) is 9.55 Å². The Morgan fingerprint density at radius 3 is 2.70 bits per heavy atom. The number of rotatable bonds is 4. The van der Waals surface area contributed by atoms with Crippen molar-refractivity contribution in [3.63, 3.8) is 0 Å². The molecule has 1 aromatic carbocycles. The highest BCUT2D eigenvalue weighted by atomic mass is 79.9. The molecule has 106 valence electrons. The molecule has 2 rings (SSSR count). The highest BCUT2D eigenvalue weighted by Gasteiger charge is 2.06. The molecule has 1 heterocycles. The molecule has 0 bridgehead atoms. The molecule has 1 N–H and O–H groups in total. The maximum atomic E-state index is 11.8. The van der Waals surface area contributed by atoms with Gasteiger partial charge in [-0.05, 0) is 40.0 Å². The van der Waals surface area contributed by atoms with Crippen LogP contribution in [0.4, 0.5) is 0 Å². The summed E-state index contributed by atoms with van der Waals surface area (Å²) in [4.78, 5) is 25.6. The predicted octanol–water partition coefficient (Wildman–Crippen LogP) is 1.92. The summed E-state index contributed by atoms with van der Waals surface area (Å²) in [5.41, 5.74) is 0.815. The first-order chi connectivity index (χ1) is 9.55. The summed E-state index contributed by atoms with van der Waals surface area (Å²) in [6.07, 6.45) is 2.20. The van der Waals surface area contributed by atoms with Crippen molar-refractivity contribution >= 4 is 15.9 Å². The van der Waals surface area contributed by atoms with Gasteiger partial charge in [0.1, 0.15) is 5.75 Å². The van der Waals surface area contributed by atoms with Gasteiger partial charge in [-0.25, -0.2) is 4.79 Å². The Morgan fingerprint density at radius 2 is 2.10 bits per heavy atom. The predicted molar refractivity (Wildman–Crippen MR) is 80.5 cm³/mol. The molecule has 0 fully saturated rings. The number of nitrogens with one attached hydrogen (secondary N) is 1.